The number of rotatable bonds is 6. The van der Waals surface area contributed by atoms with Gasteiger partial charge in [0.05, 0.1) is 12.7 Å². The summed E-state index contributed by atoms with van der Waals surface area (Å²) >= 11 is 0. The zero-order valence-electron chi connectivity index (χ0n) is 10.0. The molecule has 3 N–H and O–H groups in total. The van der Waals surface area contributed by atoms with E-state index in [0.29, 0.717) is 19.6 Å². The Bertz CT molecular complexity index is 313. The molecule has 0 heterocycles. The maximum absolute atomic E-state index is 9.41. The normalized spacial score (nSPS) is 14.8. The maximum Gasteiger partial charge on any atom is 0.0713 e. The first kappa shape index (κ1) is 13.2. The van der Waals surface area contributed by atoms with Gasteiger partial charge in [-0.15, -0.1) is 0 Å². The Hall–Kier alpha value is -0.900. The van der Waals surface area contributed by atoms with Gasteiger partial charge in [-0.25, -0.2) is 0 Å². The summed E-state index contributed by atoms with van der Waals surface area (Å²) in [6.07, 6.45) is 0.382. The van der Waals surface area contributed by atoms with E-state index in [9.17, 15) is 5.11 Å². The third-order valence-electron chi connectivity index (χ3n) is 2.64. The minimum Gasteiger partial charge on any atom is -0.393 e. The molecule has 0 amide bonds. The van der Waals surface area contributed by atoms with E-state index in [1.165, 1.54) is 5.56 Å². The van der Waals surface area contributed by atoms with Gasteiger partial charge in [0.2, 0.25) is 0 Å². The monoisotopic (exact) mass is 223 g/mol. The van der Waals surface area contributed by atoms with E-state index < -0.39 is 0 Å². The van der Waals surface area contributed by atoms with E-state index in [-0.39, 0.29) is 12.0 Å². The topological polar surface area (TPSA) is 55.5 Å². The van der Waals surface area contributed by atoms with Crippen molar-refractivity contribution in [1.82, 2.24) is 0 Å². The minimum absolute atomic E-state index is 0.219. The van der Waals surface area contributed by atoms with Crippen molar-refractivity contribution >= 4 is 0 Å². The Balaban J connectivity index is 2.79. The Morgan fingerprint density at radius 2 is 2.19 bits per heavy atom. The molecule has 0 saturated heterocycles. The molecule has 1 rings (SSSR count). The van der Waals surface area contributed by atoms with Crippen LogP contribution in [0.15, 0.2) is 24.3 Å². The van der Waals surface area contributed by atoms with Crippen molar-refractivity contribution in [3.8, 4) is 0 Å². The lowest BCUT2D eigenvalue weighted by atomic mass is 9.92. The lowest BCUT2D eigenvalue weighted by Crippen LogP contribution is -2.17. The highest BCUT2D eigenvalue weighted by Crippen LogP contribution is 2.21. The predicted molar refractivity (Wildman–Crippen MR) is 65.2 cm³/mol. The number of nitrogens with two attached hydrogens (primary N) is 1. The number of aliphatic hydroxyl groups is 1. The van der Waals surface area contributed by atoms with Gasteiger partial charge < -0.3 is 15.6 Å². The highest BCUT2D eigenvalue weighted by molar-refractivity contribution is 5.26. The molecule has 0 bridgehead atoms. The zero-order chi connectivity index (χ0) is 12.0. The van der Waals surface area contributed by atoms with Gasteiger partial charge in [-0.1, -0.05) is 24.3 Å². The van der Waals surface area contributed by atoms with Crippen LogP contribution in [0, 0.1) is 0 Å². The summed E-state index contributed by atoms with van der Waals surface area (Å²) < 4.78 is 5.10. The molecule has 0 saturated carbocycles. The van der Waals surface area contributed by atoms with Crippen LogP contribution in [0.1, 0.15) is 30.4 Å². The van der Waals surface area contributed by atoms with Crippen LogP contribution in [-0.2, 0) is 11.3 Å². The SMILES string of the molecule is COCc1cccc(C(CN)CC(C)O)c1. The van der Waals surface area contributed by atoms with E-state index in [2.05, 4.69) is 12.1 Å². The molecule has 0 aliphatic rings. The number of methoxy groups -OCH3 is 1. The van der Waals surface area contributed by atoms with Crippen LogP contribution < -0.4 is 5.73 Å². The summed E-state index contributed by atoms with van der Waals surface area (Å²) in [6.45, 7) is 2.96. The van der Waals surface area contributed by atoms with Crippen LogP contribution in [0.3, 0.4) is 0 Å². The largest absolute Gasteiger partial charge is 0.393 e. The highest BCUT2D eigenvalue weighted by atomic mass is 16.5. The molecular weight excluding hydrogens is 202 g/mol. The number of aliphatic hydroxyl groups excluding tert-OH is 1. The van der Waals surface area contributed by atoms with Crippen molar-refractivity contribution in [1.29, 1.82) is 0 Å². The lowest BCUT2D eigenvalue weighted by Gasteiger charge is -2.17. The molecule has 0 fully saturated rings. The van der Waals surface area contributed by atoms with Crippen molar-refractivity contribution < 1.29 is 9.84 Å². The van der Waals surface area contributed by atoms with E-state index >= 15 is 0 Å². The van der Waals surface area contributed by atoms with E-state index in [4.69, 9.17) is 10.5 Å². The van der Waals surface area contributed by atoms with Gasteiger partial charge in [0.25, 0.3) is 0 Å². The van der Waals surface area contributed by atoms with Crippen LogP contribution in [0.2, 0.25) is 0 Å². The van der Waals surface area contributed by atoms with Gasteiger partial charge >= 0.3 is 0 Å². The van der Waals surface area contributed by atoms with Gasteiger partial charge in [0.15, 0.2) is 0 Å². The molecule has 2 unspecified atom stereocenters. The molecule has 0 aliphatic heterocycles. The number of benzene rings is 1. The Morgan fingerprint density at radius 3 is 2.75 bits per heavy atom. The van der Waals surface area contributed by atoms with E-state index in [0.717, 1.165) is 5.56 Å². The van der Waals surface area contributed by atoms with Crippen LogP contribution in [-0.4, -0.2) is 24.9 Å². The molecule has 0 radical (unpaired) electrons. The third-order valence-corrected chi connectivity index (χ3v) is 2.64. The van der Waals surface area contributed by atoms with Crippen molar-refractivity contribution in [2.24, 2.45) is 5.73 Å². The fraction of sp³-hybridized carbons (Fsp3) is 0.538. The molecule has 0 aromatic heterocycles. The molecule has 16 heavy (non-hydrogen) atoms. The van der Waals surface area contributed by atoms with Crippen LogP contribution in [0.5, 0.6) is 0 Å². The van der Waals surface area contributed by atoms with Gasteiger partial charge in [-0.05, 0) is 36.9 Å². The van der Waals surface area contributed by atoms with Gasteiger partial charge in [0.1, 0.15) is 0 Å². The first-order chi connectivity index (χ1) is 7.67. The second kappa shape index (κ2) is 6.63. The fourth-order valence-electron chi connectivity index (χ4n) is 1.88. The summed E-state index contributed by atoms with van der Waals surface area (Å²) in [7, 11) is 1.68. The average molecular weight is 223 g/mol. The van der Waals surface area contributed by atoms with Crippen molar-refractivity contribution in [2.75, 3.05) is 13.7 Å². The number of hydrogen-bond acceptors (Lipinski definition) is 3. The number of ether oxygens (including phenoxy) is 1. The van der Waals surface area contributed by atoms with Gasteiger partial charge in [0, 0.05) is 7.11 Å². The molecule has 1 aromatic rings. The minimum atomic E-state index is -0.320. The Labute approximate surface area is 97.2 Å². The Morgan fingerprint density at radius 1 is 1.44 bits per heavy atom. The fourth-order valence-corrected chi connectivity index (χ4v) is 1.88. The molecule has 3 heteroatoms. The summed E-state index contributed by atoms with van der Waals surface area (Å²) in [5.74, 6) is 0.219. The molecular formula is C13H21NO2. The number of hydrogen-bond donors (Lipinski definition) is 2. The molecule has 0 spiro atoms. The summed E-state index contributed by atoms with van der Waals surface area (Å²) in [6, 6.07) is 8.19. The third kappa shape index (κ3) is 3.93. The van der Waals surface area contributed by atoms with Crippen LogP contribution in [0.4, 0.5) is 0 Å². The quantitative estimate of drug-likeness (QED) is 0.771. The first-order valence-electron chi connectivity index (χ1n) is 5.63. The van der Waals surface area contributed by atoms with E-state index in [1.54, 1.807) is 14.0 Å². The van der Waals surface area contributed by atoms with Crippen LogP contribution >= 0.6 is 0 Å². The Kier molecular flexibility index (Phi) is 5.46. The predicted octanol–water partition coefficient (Wildman–Crippen LogP) is 1.65. The highest BCUT2D eigenvalue weighted by Gasteiger charge is 2.12. The van der Waals surface area contributed by atoms with Crippen molar-refractivity contribution in [3.05, 3.63) is 35.4 Å². The second-order valence-electron chi connectivity index (χ2n) is 4.20. The molecule has 2 atom stereocenters. The van der Waals surface area contributed by atoms with Gasteiger partial charge in [-0.2, -0.15) is 0 Å². The molecule has 0 aliphatic carbocycles. The maximum atomic E-state index is 9.41. The summed E-state index contributed by atoms with van der Waals surface area (Å²) in [4.78, 5) is 0. The first-order valence-corrected chi connectivity index (χ1v) is 5.63. The van der Waals surface area contributed by atoms with Crippen LogP contribution in [0.25, 0.3) is 0 Å². The smallest absolute Gasteiger partial charge is 0.0713 e. The lowest BCUT2D eigenvalue weighted by molar-refractivity contribution is 0.174. The molecule has 3 nitrogen and oxygen atoms in total. The standard InChI is InChI=1S/C13H21NO2/c1-10(15)6-13(8-14)12-5-3-4-11(7-12)9-16-2/h3-5,7,10,13,15H,6,8-9,14H2,1-2H3. The molecule has 1 aromatic carbocycles. The van der Waals surface area contributed by atoms with Crippen molar-refractivity contribution in [2.45, 2.75) is 32.0 Å². The molecule has 90 valence electrons. The zero-order valence-corrected chi connectivity index (χ0v) is 10.0. The summed E-state index contributed by atoms with van der Waals surface area (Å²) in [5.41, 5.74) is 8.06. The second-order valence-corrected chi connectivity index (χ2v) is 4.20. The summed E-state index contributed by atoms with van der Waals surface area (Å²) in [5, 5.41) is 9.41. The van der Waals surface area contributed by atoms with Gasteiger partial charge in [-0.3, -0.25) is 0 Å². The van der Waals surface area contributed by atoms with Crippen molar-refractivity contribution in [3.63, 3.8) is 0 Å². The van der Waals surface area contributed by atoms with E-state index in [1.807, 2.05) is 12.1 Å². The average Bonchev–Trinajstić information content (AvgIpc) is 2.26.